The van der Waals surface area contributed by atoms with Crippen molar-refractivity contribution in [3.63, 3.8) is 0 Å². The number of benzene rings is 1. The molecule has 1 saturated carbocycles. The molecular formula is C23H23N2O+. The fourth-order valence-corrected chi connectivity index (χ4v) is 4.43. The third-order valence-corrected chi connectivity index (χ3v) is 5.70. The number of aromatic nitrogens is 2. The SMILES string of the molecule is [2H]C1(c2ccc[n+](C)c2-c2ccc3oc4ncccc4c3c2C)CCCC1. The highest BCUT2D eigenvalue weighted by molar-refractivity contribution is 6.07. The first-order chi connectivity index (χ1) is 13.1. The predicted octanol–water partition coefficient (Wildman–Crippen LogP) is 5.44. The highest BCUT2D eigenvalue weighted by atomic mass is 16.3. The number of hydrogen-bond donors (Lipinski definition) is 0. The molecule has 0 bridgehead atoms. The zero-order valence-electron chi connectivity index (χ0n) is 16.2. The zero-order chi connectivity index (χ0) is 18.6. The van der Waals surface area contributed by atoms with Crippen LogP contribution < -0.4 is 4.57 Å². The molecule has 130 valence electrons. The number of nitrogens with zero attached hydrogens (tertiary/aromatic N) is 2. The minimum atomic E-state index is -0.490. The van der Waals surface area contributed by atoms with Crippen LogP contribution in [-0.4, -0.2) is 4.98 Å². The topological polar surface area (TPSA) is 29.9 Å². The highest BCUT2D eigenvalue weighted by Gasteiger charge is 2.27. The monoisotopic (exact) mass is 344 g/mol. The summed E-state index contributed by atoms with van der Waals surface area (Å²) >= 11 is 0. The van der Waals surface area contributed by atoms with E-state index in [9.17, 15) is 0 Å². The average molecular weight is 344 g/mol. The van der Waals surface area contributed by atoms with Crippen molar-refractivity contribution in [1.29, 1.82) is 0 Å². The van der Waals surface area contributed by atoms with Gasteiger partial charge < -0.3 is 4.42 Å². The first kappa shape index (κ1) is 14.5. The number of furan rings is 1. The summed E-state index contributed by atoms with van der Waals surface area (Å²) in [7, 11) is 2.08. The van der Waals surface area contributed by atoms with E-state index in [2.05, 4.69) is 54.0 Å². The zero-order valence-corrected chi connectivity index (χ0v) is 15.2. The minimum Gasteiger partial charge on any atom is -0.438 e. The largest absolute Gasteiger partial charge is 0.438 e. The molecule has 0 N–H and O–H groups in total. The highest BCUT2D eigenvalue weighted by Crippen LogP contribution is 2.40. The lowest BCUT2D eigenvalue weighted by Gasteiger charge is -2.14. The van der Waals surface area contributed by atoms with Crippen molar-refractivity contribution in [3.05, 3.63) is 59.9 Å². The van der Waals surface area contributed by atoms with Gasteiger partial charge in [0.25, 0.3) is 0 Å². The molecule has 0 spiro atoms. The molecule has 1 aliphatic carbocycles. The van der Waals surface area contributed by atoms with E-state index in [4.69, 9.17) is 5.79 Å². The Morgan fingerprint density at radius 1 is 1.15 bits per heavy atom. The van der Waals surface area contributed by atoms with Crippen LogP contribution in [0.2, 0.25) is 0 Å². The van der Waals surface area contributed by atoms with E-state index < -0.39 is 5.89 Å². The van der Waals surface area contributed by atoms with Crippen LogP contribution in [0.25, 0.3) is 33.3 Å². The summed E-state index contributed by atoms with van der Waals surface area (Å²) in [6.45, 7) is 2.15. The summed E-state index contributed by atoms with van der Waals surface area (Å²) < 4.78 is 17.2. The van der Waals surface area contributed by atoms with Crippen LogP contribution in [0.1, 0.15) is 44.1 Å². The Morgan fingerprint density at radius 2 is 2.00 bits per heavy atom. The third-order valence-electron chi connectivity index (χ3n) is 5.70. The van der Waals surface area contributed by atoms with Gasteiger partial charge in [-0.25, -0.2) is 9.55 Å². The van der Waals surface area contributed by atoms with Crippen LogP contribution in [-0.2, 0) is 7.05 Å². The van der Waals surface area contributed by atoms with Crippen LogP contribution in [0.15, 0.2) is 53.2 Å². The molecule has 3 aromatic heterocycles. The number of hydrogen-bond acceptors (Lipinski definition) is 2. The van der Waals surface area contributed by atoms with Crippen LogP contribution >= 0.6 is 0 Å². The Hall–Kier alpha value is -2.68. The lowest BCUT2D eigenvalue weighted by Crippen LogP contribution is -2.32. The number of aryl methyl sites for hydroxylation is 2. The standard InChI is InChI=1S/C23H23N2O/c1-15-17(11-12-20-21(15)19-9-5-13-24-23(19)26-20)22-18(10-6-14-25(22)2)16-7-3-4-8-16/h5-6,9-14,16H,3-4,7-8H2,1-2H3/q+1/i16D. The molecule has 0 atom stereocenters. The summed E-state index contributed by atoms with van der Waals surface area (Å²) in [6, 6.07) is 12.4. The number of fused-ring (bicyclic) bond motifs is 3. The lowest BCUT2D eigenvalue weighted by molar-refractivity contribution is -0.660. The molecule has 5 rings (SSSR count). The van der Waals surface area contributed by atoms with E-state index in [1.54, 1.807) is 6.20 Å². The molecule has 3 heteroatoms. The van der Waals surface area contributed by atoms with Crippen molar-refractivity contribution in [2.75, 3.05) is 0 Å². The molecule has 3 heterocycles. The van der Waals surface area contributed by atoms with E-state index in [1.165, 1.54) is 11.1 Å². The second kappa shape index (κ2) is 5.94. The number of rotatable bonds is 2. The summed E-state index contributed by atoms with van der Waals surface area (Å²) in [5.74, 6) is -0.490. The Bertz CT molecular complexity index is 1170. The van der Waals surface area contributed by atoms with Gasteiger partial charge in [-0.3, -0.25) is 0 Å². The van der Waals surface area contributed by atoms with Crippen molar-refractivity contribution >= 4 is 22.1 Å². The van der Waals surface area contributed by atoms with Crippen molar-refractivity contribution in [1.82, 2.24) is 4.98 Å². The fraction of sp³-hybridized carbons (Fsp3) is 0.304. The van der Waals surface area contributed by atoms with Gasteiger partial charge >= 0.3 is 0 Å². The van der Waals surface area contributed by atoms with Crippen LogP contribution in [0.3, 0.4) is 0 Å². The van der Waals surface area contributed by atoms with E-state index in [1.807, 2.05) is 12.1 Å². The first-order valence-electron chi connectivity index (χ1n) is 9.85. The summed E-state index contributed by atoms with van der Waals surface area (Å²) in [4.78, 5) is 4.37. The van der Waals surface area contributed by atoms with E-state index in [0.29, 0.717) is 5.71 Å². The lowest BCUT2D eigenvalue weighted by atomic mass is 9.90. The molecule has 26 heavy (non-hydrogen) atoms. The van der Waals surface area contributed by atoms with Crippen molar-refractivity contribution in [3.8, 4) is 11.3 Å². The minimum absolute atomic E-state index is 0.490. The normalized spacial score (nSPS) is 17.1. The predicted molar refractivity (Wildman–Crippen MR) is 104 cm³/mol. The quantitative estimate of drug-likeness (QED) is 0.453. The average Bonchev–Trinajstić information content (AvgIpc) is 3.27. The van der Waals surface area contributed by atoms with Crippen LogP contribution in [0.5, 0.6) is 0 Å². The van der Waals surface area contributed by atoms with Crippen LogP contribution in [0.4, 0.5) is 0 Å². The van der Waals surface area contributed by atoms with E-state index in [0.717, 1.165) is 53.3 Å². The van der Waals surface area contributed by atoms with Gasteiger partial charge in [0.05, 0.1) is 5.56 Å². The molecular weight excluding hydrogens is 320 g/mol. The maximum Gasteiger partial charge on any atom is 0.227 e. The second-order valence-corrected chi connectivity index (χ2v) is 7.26. The molecule has 0 aliphatic heterocycles. The maximum absolute atomic E-state index is 9.10. The molecule has 0 unspecified atom stereocenters. The van der Waals surface area contributed by atoms with Crippen molar-refractivity contribution in [2.24, 2.45) is 7.05 Å². The summed E-state index contributed by atoms with van der Waals surface area (Å²) in [5.41, 5.74) is 6.18. The first-order valence-corrected chi connectivity index (χ1v) is 9.35. The van der Waals surface area contributed by atoms with Gasteiger partial charge in [-0.15, -0.1) is 0 Å². The number of pyridine rings is 2. The molecule has 1 aliphatic rings. The Balaban J connectivity index is 1.82. The Morgan fingerprint density at radius 3 is 2.85 bits per heavy atom. The molecule has 1 fully saturated rings. The van der Waals surface area contributed by atoms with Crippen LogP contribution in [0, 0.1) is 6.92 Å². The van der Waals surface area contributed by atoms with Gasteiger partial charge in [0.2, 0.25) is 11.4 Å². The van der Waals surface area contributed by atoms with Gasteiger partial charge in [0, 0.05) is 30.0 Å². The van der Waals surface area contributed by atoms with Gasteiger partial charge in [0.1, 0.15) is 12.6 Å². The van der Waals surface area contributed by atoms with Gasteiger partial charge in [-0.2, -0.15) is 0 Å². The van der Waals surface area contributed by atoms with E-state index in [-0.39, 0.29) is 0 Å². The van der Waals surface area contributed by atoms with Gasteiger partial charge in [-0.05, 0) is 61.6 Å². The second-order valence-electron chi connectivity index (χ2n) is 7.26. The molecule has 0 amide bonds. The summed E-state index contributed by atoms with van der Waals surface area (Å²) in [6.07, 6.45) is 7.99. The smallest absolute Gasteiger partial charge is 0.227 e. The molecule has 0 saturated heterocycles. The maximum atomic E-state index is 9.10. The molecule has 0 radical (unpaired) electrons. The van der Waals surface area contributed by atoms with E-state index >= 15 is 0 Å². The molecule has 3 nitrogen and oxygen atoms in total. The summed E-state index contributed by atoms with van der Waals surface area (Å²) in [5, 5.41) is 2.17. The van der Waals surface area contributed by atoms with Crippen molar-refractivity contribution in [2.45, 2.75) is 38.5 Å². The molecule has 1 aromatic carbocycles. The molecule has 4 aromatic rings. The fourth-order valence-electron chi connectivity index (χ4n) is 4.43. The van der Waals surface area contributed by atoms with Gasteiger partial charge in [-0.1, -0.05) is 12.8 Å². The Kier molecular flexibility index (Phi) is 3.31. The Labute approximate surface area is 154 Å². The van der Waals surface area contributed by atoms with Crippen molar-refractivity contribution < 1.29 is 10.4 Å². The third kappa shape index (κ3) is 2.27. The van der Waals surface area contributed by atoms with Gasteiger partial charge in [0.15, 0.2) is 6.20 Å².